The maximum Gasteiger partial charge on any atom is 0.113 e. The Balaban J connectivity index is 1.57. The SMILES string of the molecule is Clc1cnc(CNCCN2CCOCC2)s1. The molecule has 1 aliphatic heterocycles. The first kappa shape index (κ1) is 12.3. The number of rotatable bonds is 5. The maximum atomic E-state index is 5.80. The van der Waals surface area contributed by atoms with Crippen molar-refractivity contribution in [3.8, 4) is 0 Å². The minimum absolute atomic E-state index is 0.755. The number of hydrogen-bond acceptors (Lipinski definition) is 5. The third-order valence-corrected chi connectivity index (χ3v) is 3.62. The summed E-state index contributed by atoms with van der Waals surface area (Å²) in [7, 11) is 0. The van der Waals surface area contributed by atoms with Crippen LogP contribution in [0.1, 0.15) is 5.01 Å². The van der Waals surface area contributed by atoms with Gasteiger partial charge in [0.25, 0.3) is 0 Å². The van der Waals surface area contributed by atoms with Crippen LogP contribution in [-0.4, -0.2) is 49.3 Å². The van der Waals surface area contributed by atoms with Crippen LogP contribution in [0.25, 0.3) is 0 Å². The van der Waals surface area contributed by atoms with Crippen LogP contribution in [0.4, 0.5) is 0 Å². The molecule has 0 saturated carbocycles. The molecule has 1 saturated heterocycles. The second-order valence-electron chi connectivity index (χ2n) is 3.69. The summed E-state index contributed by atoms with van der Waals surface area (Å²) >= 11 is 7.33. The first-order valence-electron chi connectivity index (χ1n) is 5.45. The first-order chi connectivity index (χ1) is 7.84. The average Bonchev–Trinajstić information content (AvgIpc) is 2.72. The molecule has 2 rings (SSSR count). The van der Waals surface area contributed by atoms with Crippen molar-refractivity contribution in [1.29, 1.82) is 0 Å². The van der Waals surface area contributed by atoms with Crippen molar-refractivity contribution in [3.05, 3.63) is 15.5 Å². The molecule has 0 radical (unpaired) electrons. The number of morpholine rings is 1. The van der Waals surface area contributed by atoms with Crippen LogP contribution in [-0.2, 0) is 11.3 Å². The first-order valence-corrected chi connectivity index (χ1v) is 6.65. The molecule has 0 bridgehead atoms. The minimum Gasteiger partial charge on any atom is -0.379 e. The summed E-state index contributed by atoms with van der Waals surface area (Å²) in [5, 5.41) is 4.42. The molecule has 16 heavy (non-hydrogen) atoms. The summed E-state index contributed by atoms with van der Waals surface area (Å²) in [6.07, 6.45) is 1.70. The fraction of sp³-hybridized carbons (Fsp3) is 0.700. The van der Waals surface area contributed by atoms with Crippen LogP contribution >= 0.6 is 22.9 Å². The van der Waals surface area contributed by atoms with Gasteiger partial charge in [0.05, 0.1) is 19.4 Å². The average molecular weight is 262 g/mol. The van der Waals surface area contributed by atoms with Crippen molar-refractivity contribution in [2.24, 2.45) is 0 Å². The van der Waals surface area contributed by atoms with Gasteiger partial charge in [-0.25, -0.2) is 4.98 Å². The summed E-state index contributed by atoms with van der Waals surface area (Å²) in [5.74, 6) is 0. The molecule has 4 nitrogen and oxygen atoms in total. The molecule has 1 aromatic rings. The Morgan fingerprint density at radius 3 is 3.00 bits per heavy atom. The van der Waals surface area contributed by atoms with E-state index in [1.165, 1.54) is 11.3 Å². The number of hydrogen-bond donors (Lipinski definition) is 1. The van der Waals surface area contributed by atoms with Crippen LogP contribution in [0.5, 0.6) is 0 Å². The number of aromatic nitrogens is 1. The smallest absolute Gasteiger partial charge is 0.113 e. The van der Waals surface area contributed by atoms with Crippen molar-refractivity contribution < 1.29 is 4.74 Å². The lowest BCUT2D eigenvalue weighted by atomic mass is 10.4. The predicted octanol–water partition coefficient (Wildman–Crippen LogP) is 1.22. The Hall–Kier alpha value is -0.200. The van der Waals surface area contributed by atoms with Crippen molar-refractivity contribution >= 4 is 22.9 Å². The quantitative estimate of drug-likeness (QED) is 0.809. The molecular formula is C10H16ClN3OS. The highest BCUT2D eigenvalue weighted by Gasteiger charge is 2.09. The molecule has 2 heterocycles. The van der Waals surface area contributed by atoms with Gasteiger partial charge in [0, 0.05) is 32.7 Å². The summed E-state index contributed by atoms with van der Waals surface area (Å²) in [6.45, 7) is 6.68. The molecule has 1 aromatic heterocycles. The van der Waals surface area contributed by atoms with Crippen molar-refractivity contribution in [2.75, 3.05) is 39.4 Å². The van der Waals surface area contributed by atoms with Gasteiger partial charge in [-0.1, -0.05) is 11.6 Å². The number of ether oxygens (including phenoxy) is 1. The van der Waals surface area contributed by atoms with E-state index >= 15 is 0 Å². The molecule has 6 heteroatoms. The Labute approximate surface area is 105 Å². The lowest BCUT2D eigenvalue weighted by Gasteiger charge is -2.26. The van der Waals surface area contributed by atoms with E-state index in [0.717, 1.165) is 55.3 Å². The minimum atomic E-state index is 0.755. The Morgan fingerprint density at radius 1 is 1.50 bits per heavy atom. The maximum absolute atomic E-state index is 5.80. The Kier molecular flexibility index (Phi) is 4.99. The third-order valence-electron chi connectivity index (χ3n) is 2.51. The monoisotopic (exact) mass is 261 g/mol. The molecule has 0 amide bonds. The van der Waals surface area contributed by atoms with Gasteiger partial charge in [-0.15, -0.1) is 11.3 Å². The number of nitrogens with zero attached hydrogens (tertiary/aromatic N) is 2. The third kappa shape index (κ3) is 3.99. The molecular weight excluding hydrogens is 246 g/mol. The van der Waals surface area contributed by atoms with E-state index in [9.17, 15) is 0 Å². The summed E-state index contributed by atoms with van der Waals surface area (Å²) < 4.78 is 6.05. The number of thiazole rings is 1. The van der Waals surface area contributed by atoms with Gasteiger partial charge in [0.2, 0.25) is 0 Å². The van der Waals surface area contributed by atoms with Crippen LogP contribution in [0.15, 0.2) is 6.20 Å². The zero-order valence-corrected chi connectivity index (χ0v) is 10.7. The van der Waals surface area contributed by atoms with Gasteiger partial charge in [0.15, 0.2) is 0 Å². The zero-order chi connectivity index (χ0) is 11.2. The van der Waals surface area contributed by atoms with E-state index in [-0.39, 0.29) is 0 Å². The number of nitrogens with one attached hydrogen (secondary N) is 1. The van der Waals surface area contributed by atoms with Crippen LogP contribution in [0.3, 0.4) is 0 Å². The Bertz CT molecular complexity index is 315. The summed E-state index contributed by atoms with van der Waals surface area (Å²) in [6, 6.07) is 0. The molecule has 0 aliphatic carbocycles. The lowest BCUT2D eigenvalue weighted by Crippen LogP contribution is -2.40. The van der Waals surface area contributed by atoms with Gasteiger partial charge in [-0.2, -0.15) is 0 Å². The van der Waals surface area contributed by atoms with Crippen LogP contribution in [0, 0.1) is 0 Å². The normalized spacial score (nSPS) is 17.8. The van der Waals surface area contributed by atoms with Gasteiger partial charge in [0.1, 0.15) is 9.34 Å². The van der Waals surface area contributed by atoms with Crippen molar-refractivity contribution in [3.63, 3.8) is 0 Å². The van der Waals surface area contributed by atoms with Crippen LogP contribution in [0.2, 0.25) is 4.34 Å². The predicted molar refractivity (Wildman–Crippen MR) is 66.1 cm³/mol. The summed E-state index contributed by atoms with van der Waals surface area (Å²) in [5.41, 5.74) is 0. The Morgan fingerprint density at radius 2 is 2.31 bits per heavy atom. The van der Waals surface area contributed by atoms with Gasteiger partial charge in [-0.3, -0.25) is 4.90 Å². The molecule has 1 N–H and O–H groups in total. The zero-order valence-electron chi connectivity index (χ0n) is 9.12. The number of halogens is 1. The standard InChI is InChI=1S/C10H16ClN3OS/c11-9-7-13-10(16-9)8-12-1-2-14-3-5-15-6-4-14/h7,12H,1-6,8H2. The second kappa shape index (κ2) is 6.51. The van der Waals surface area contributed by atoms with E-state index in [0.29, 0.717) is 0 Å². The highest BCUT2D eigenvalue weighted by molar-refractivity contribution is 7.15. The highest BCUT2D eigenvalue weighted by atomic mass is 35.5. The summed E-state index contributed by atoms with van der Waals surface area (Å²) in [4.78, 5) is 6.60. The molecule has 90 valence electrons. The molecule has 0 spiro atoms. The molecule has 1 aliphatic rings. The van der Waals surface area contributed by atoms with Crippen molar-refractivity contribution in [2.45, 2.75) is 6.54 Å². The van der Waals surface area contributed by atoms with E-state index in [1.807, 2.05) is 0 Å². The van der Waals surface area contributed by atoms with E-state index in [2.05, 4.69) is 15.2 Å². The topological polar surface area (TPSA) is 37.4 Å². The largest absolute Gasteiger partial charge is 0.379 e. The molecule has 1 fully saturated rings. The van der Waals surface area contributed by atoms with E-state index in [1.54, 1.807) is 6.20 Å². The van der Waals surface area contributed by atoms with E-state index < -0.39 is 0 Å². The van der Waals surface area contributed by atoms with Gasteiger partial charge >= 0.3 is 0 Å². The van der Waals surface area contributed by atoms with Gasteiger partial charge in [-0.05, 0) is 0 Å². The van der Waals surface area contributed by atoms with E-state index in [4.69, 9.17) is 16.3 Å². The molecule has 0 unspecified atom stereocenters. The fourth-order valence-electron chi connectivity index (χ4n) is 1.63. The lowest BCUT2D eigenvalue weighted by molar-refractivity contribution is 0.0384. The molecule has 0 atom stereocenters. The van der Waals surface area contributed by atoms with Crippen LogP contribution < -0.4 is 5.32 Å². The fourth-order valence-corrected chi connectivity index (χ4v) is 2.55. The second-order valence-corrected chi connectivity index (χ2v) is 5.44. The van der Waals surface area contributed by atoms with Crippen molar-refractivity contribution in [1.82, 2.24) is 15.2 Å². The molecule has 0 aromatic carbocycles. The van der Waals surface area contributed by atoms with Gasteiger partial charge < -0.3 is 10.1 Å². The highest BCUT2D eigenvalue weighted by Crippen LogP contribution is 2.17.